The number of rotatable bonds is 6. The summed E-state index contributed by atoms with van der Waals surface area (Å²) in [6.07, 6.45) is -3.37. The van der Waals surface area contributed by atoms with Crippen molar-refractivity contribution in [3.05, 3.63) is 35.7 Å². The van der Waals surface area contributed by atoms with Crippen LogP contribution in [-0.2, 0) is 16.2 Å². The van der Waals surface area contributed by atoms with Gasteiger partial charge in [0.1, 0.15) is 0 Å². The standard InChI is InChI=1S/C16H18F3N3O3S/c1-9(2)13(22-26(23,24)12-7-8-12)10-3-5-11(6-4-10)14-20-15(25-21-14)16(17,18)19/h3-6,9,12-13,22H,7-8H2,1-2H3. The minimum Gasteiger partial charge on any atom is -0.329 e. The fourth-order valence-corrected chi connectivity index (χ4v) is 4.25. The van der Waals surface area contributed by atoms with Crippen molar-refractivity contribution in [3.8, 4) is 11.4 Å². The first-order valence-electron chi connectivity index (χ1n) is 8.10. The first-order valence-corrected chi connectivity index (χ1v) is 9.65. The maximum Gasteiger partial charge on any atom is 0.471 e. The van der Waals surface area contributed by atoms with Gasteiger partial charge in [-0.2, -0.15) is 18.2 Å². The van der Waals surface area contributed by atoms with Gasteiger partial charge in [-0.3, -0.25) is 0 Å². The highest BCUT2D eigenvalue weighted by Gasteiger charge is 2.39. The van der Waals surface area contributed by atoms with Crippen molar-refractivity contribution in [2.45, 2.75) is 44.2 Å². The highest BCUT2D eigenvalue weighted by molar-refractivity contribution is 7.90. The van der Waals surface area contributed by atoms with Crippen LogP contribution >= 0.6 is 0 Å². The Kier molecular flexibility index (Phi) is 4.82. The summed E-state index contributed by atoms with van der Waals surface area (Å²) in [7, 11) is -3.37. The van der Waals surface area contributed by atoms with Crippen molar-refractivity contribution in [1.29, 1.82) is 0 Å². The lowest BCUT2D eigenvalue weighted by Gasteiger charge is -2.23. The lowest BCUT2D eigenvalue weighted by atomic mass is 9.96. The molecule has 0 saturated heterocycles. The molecule has 1 saturated carbocycles. The highest BCUT2D eigenvalue weighted by atomic mass is 32.2. The lowest BCUT2D eigenvalue weighted by molar-refractivity contribution is -0.159. The second kappa shape index (κ2) is 6.66. The molecule has 6 nitrogen and oxygen atoms in total. The second-order valence-electron chi connectivity index (χ2n) is 6.63. The van der Waals surface area contributed by atoms with Gasteiger partial charge in [0.25, 0.3) is 0 Å². The van der Waals surface area contributed by atoms with Gasteiger partial charge < -0.3 is 4.52 Å². The number of nitrogens with one attached hydrogen (secondary N) is 1. The molecule has 0 bridgehead atoms. The lowest BCUT2D eigenvalue weighted by Crippen LogP contribution is -2.34. The number of hydrogen-bond acceptors (Lipinski definition) is 5. The van der Waals surface area contributed by atoms with Crippen molar-refractivity contribution < 1.29 is 26.1 Å². The monoisotopic (exact) mass is 389 g/mol. The molecule has 1 N–H and O–H groups in total. The average molecular weight is 389 g/mol. The fraction of sp³-hybridized carbons (Fsp3) is 0.500. The van der Waals surface area contributed by atoms with Gasteiger partial charge in [0.15, 0.2) is 0 Å². The summed E-state index contributed by atoms with van der Waals surface area (Å²) in [5.41, 5.74) is 1.06. The number of aromatic nitrogens is 2. The van der Waals surface area contributed by atoms with Crippen molar-refractivity contribution in [2.75, 3.05) is 0 Å². The van der Waals surface area contributed by atoms with Gasteiger partial charge in [-0.15, -0.1) is 0 Å². The summed E-state index contributed by atoms with van der Waals surface area (Å²) in [4.78, 5) is 3.34. The molecule has 2 aromatic rings. The molecule has 0 radical (unpaired) electrons. The van der Waals surface area contributed by atoms with Crippen LogP contribution in [0.15, 0.2) is 28.8 Å². The van der Waals surface area contributed by atoms with Gasteiger partial charge in [0.05, 0.1) is 5.25 Å². The van der Waals surface area contributed by atoms with Crippen LogP contribution in [0.25, 0.3) is 11.4 Å². The minimum atomic E-state index is -4.70. The number of benzene rings is 1. The Morgan fingerprint density at radius 3 is 2.27 bits per heavy atom. The van der Waals surface area contributed by atoms with E-state index in [0.29, 0.717) is 24.0 Å². The Labute approximate surface area is 148 Å². The van der Waals surface area contributed by atoms with Gasteiger partial charge in [-0.25, -0.2) is 13.1 Å². The first kappa shape index (κ1) is 18.8. The Hall–Kier alpha value is -1.94. The molecule has 0 spiro atoms. The third-order valence-electron chi connectivity index (χ3n) is 4.12. The zero-order valence-corrected chi connectivity index (χ0v) is 14.9. The zero-order valence-electron chi connectivity index (χ0n) is 14.1. The average Bonchev–Trinajstić information content (AvgIpc) is 3.30. The van der Waals surface area contributed by atoms with Gasteiger partial charge in [-0.05, 0) is 24.3 Å². The van der Waals surface area contributed by atoms with E-state index in [1.165, 1.54) is 0 Å². The number of alkyl halides is 3. The Morgan fingerprint density at radius 2 is 1.81 bits per heavy atom. The van der Waals surface area contributed by atoms with Crippen LogP contribution in [0.5, 0.6) is 0 Å². The molecule has 0 aliphatic heterocycles. The van der Waals surface area contributed by atoms with Crippen LogP contribution in [-0.4, -0.2) is 23.8 Å². The van der Waals surface area contributed by atoms with Gasteiger partial charge >= 0.3 is 12.1 Å². The van der Waals surface area contributed by atoms with E-state index in [2.05, 4.69) is 19.4 Å². The zero-order chi connectivity index (χ0) is 19.1. The van der Waals surface area contributed by atoms with Crippen LogP contribution in [0, 0.1) is 5.92 Å². The summed E-state index contributed by atoms with van der Waals surface area (Å²) in [5.74, 6) is -1.59. The highest BCUT2D eigenvalue weighted by Crippen LogP contribution is 2.32. The maximum absolute atomic E-state index is 12.5. The fourth-order valence-electron chi connectivity index (χ4n) is 2.54. The summed E-state index contributed by atoms with van der Waals surface area (Å²) < 4.78 is 69.0. The van der Waals surface area contributed by atoms with E-state index in [9.17, 15) is 21.6 Å². The Morgan fingerprint density at radius 1 is 1.19 bits per heavy atom. The van der Waals surface area contributed by atoms with Crippen LogP contribution in [0.4, 0.5) is 13.2 Å². The van der Waals surface area contributed by atoms with Gasteiger partial charge in [0.2, 0.25) is 15.8 Å². The van der Waals surface area contributed by atoms with Crippen molar-refractivity contribution in [1.82, 2.24) is 14.9 Å². The normalized spacial score (nSPS) is 16.8. The van der Waals surface area contributed by atoms with E-state index < -0.39 is 28.1 Å². The van der Waals surface area contributed by atoms with Crippen LogP contribution in [0.2, 0.25) is 0 Å². The molecule has 26 heavy (non-hydrogen) atoms. The number of sulfonamides is 1. The SMILES string of the molecule is CC(C)C(NS(=O)(=O)C1CC1)c1ccc(-c2noc(C(F)(F)F)n2)cc1. The van der Waals surface area contributed by atoms with Crippen LogP contribution < -0.4 is 4.72 Å². The van der Waals surface area contributed by atoms with E-state index in [1.54, 1.807) is 24.3 Å². The molecule has 3 rings (SSSR count). The molecule has 142 valence electrons. The largest absolute Gasteiger partial charge is 0.471 e. The molecule has 1 atom stereocenters. The molecule has 1 fully saturated rings. The molecule has 1 aromatic carbocycles. The van der Waals surface area contributed by atoms with Crippen molar-refractivity contribution >= 4 is 10.0 Å². The topological polar surface area (TPSA) is 85.1 Å². The smallest absolute Gasteiger partial charge is 0.329 e. The van der Waals surface area contributed by atoms with E-state index >= 15 is 0 Å². The second-order valence-corrected chi connectivity index (χ2v) is 8.62. The number of halogens is 3. The maximum atomic E-state index is 12.5. The molecule has 1 unspecified atom stereocenters. The summed E-state index contributed by atoms with van der Waals surface area (Å²) in [6, 6.07) is 5.96. The molecule has 0 amide bonds. The number of nitrogens with zero attached hydrogens (tertiary/aromatic N) is 2. The van der Waals surface area contributed by atoms with E-state index in [4.69, 9.17) is 0 Å². The van der Waals surface area contributed by atoms with E-state index in [0.717, 1.165) is 0 Å². The molecule has 10 heteroatoms. The quantitative estimate of drug-likeness (QED) is 0.817. The molecular formula is C16H18F3N3O3S. The Balaban J connectivity index is 1.82. The van der Waals surface area contributed by atoms with Crippen LogP contribution in [0.3, 0.4) is 0 Å². The molecule has 1 heterocycles. The van der Waals surface area contributed by atoms with Crippen LogP contribution in [0.1, 0.15) is 44.2 Å². The predicted molar refractivity (Wildman–Crippen MR) is 87.4 cm³/mol. The van der Waals surface area contributed by atoms with Gasteiger partial charge in [-0.1, -0.05) is 43.3 Å². The molecule has 1 aromatic heterocycles. The predicted octanol–water partition coefficient (Wildman–Crippen LogP) is 3.53. The molecule has 1 aliphatic carbocycles. The minimum absolute atomic E-state index is 0.00335. The summed E-state index contributed by atoms with van der Waals surface area (Å²) >= 11 is 0. The summed E-state index contributed by atoms with van der Waals surface area (Å²) in [5, 5.41) is 3.01. The molecule has 1 aliphatic rings. The van der Waals surface area contributed by atoms with E-state index in [1.807, 2.05) is 13.8 Å². The third-order valence-corrected chi connectivity index (χ3v) is 6.05. The number of hydrogen-bond donors (Lipinski definition) is 1. The Bertz CT molecular complexity index is 872. The van der Waals surface area contributed by atoms with Gasteiger partial charge in [0, 0.05) is 11.6 Å². The van der Waals surface area contributed by atoms with E-state index in [-0.39, 0.29) is 17.0 Å². The third kappa shape index (κ3) is 4.07. The first-order chi connectivity index (χ1) is 12.1. The molecular weight excluding hydrogens is 371 g/mol. The summed E-state index contributed by atoms with van der Waals surface area (Å²) in [6.45, 7) is 3.78. The van der Waals surface area contributed by atoms with Crippen molar-refractivity contribution in [3.63, 3.8) is 0 Å². The van der Waals surface area contributed by atoms with Crippen molar-refractivity contribution in [2.24, 2.45) is 5.92 Å².